The summed E-state index contributed by atoms with van der Waals surface area (Å²) in [6, 6.07) is 28.1. The second kappa shape index (κ2) is 11.9. The van der Waals surface area contributed by atoms with Crippen molar-refractivity contribution in [1.82, 2.24) is 4.31 Å². The van der Waals surface area contributed by atoms with Crippen LogP contribution >= 0.6 is 23.4 Å². The van der Waals surface area contributed by atoms with E-state index in [1.807, 2.05) is 69.3 Å². The van der Waals surface area contributed by atoms with Crippen molar-refractivity contribution < 1.29 is 8.42 Å². The molecular formula is C31H32ClNO2S2. The van der Waals surface area contributed by atoms with Crippen molar-refractivity contribution in [3.63, 3.8) is 0 Å². The summed E-state index contributed by atoms with van der Waals surface area (Å²) in [5.74, 6) is 0. The molecule has 4 aromatic rings. The standard InChI is InChI=1S/C31H32ClNO2S2/c1-22-17-23(2)31(24(3)18-22)37(34,35)33(16-15-25-7-5-9-29(32)19-25)21-26-11-13-27(14-12-26)28-8-6-10-30(20-28)36-4/h5-14,17-20H,15-16,21H2,1-4H3. The van der Waals surface area contributed by atoms with Crippen LogP contribution in [0.3, 0.4) is 0 Å². The molecule has 0 bridgehead atoms. The van der Waals surface area contributed by atoms with Gasteiger partial charge in [0, 0.05) is 23.0 Å². The zero-order valence-electron chi connectivity index (χ0n) is 21.7. The molecule has 37 heavy (non-hydrogen) atoms. The Morgan fingerprint density at radius 2 is 1.46 bits per heavy atom. The number of rotatable bonds is 9. The Kier molecular flexibility index (Phi) is 8.81. The van der Waals surface area contributed by atoms with Crippen molar-refractivity contribution in [3.05, 3.63) is 118 Å². The second-order valence-electron chi connectivity index (χ2n) is 9.38. The van der Waals surface area contributed by atoms with Crippen LogP contribution < -0.4 is 0 Å². The fourth-order valence-corrected chi connectivity index (χ4v) is 7.25. The molecule has 0 aromatic heterocycles. The van der Waals surface area contributed by atoms with Crippen LogP contribution in [-0.2, 0) is 23.0 Å². The number of hydrogen-bond donors (Lipinski definition) is 0. The zero-order chi connectivity index (χ0) is 26.6. The fraction of sp³-hybridized carbons (Fsp3) is 0.226. The first-order valence-corrected chi connectivity index (χ1v) is 15.3. The van der Waals surface area contributed by atoms with Crippen LogP contribution in [0.2, 0.25) is 5.02 Å². The van der Waals surface area contributed by atoms with Crippen molar-refractivity contribution in [1.29, 1.82) is 0 Å². The minimum Gasteiger partial charge on any atom is -0.207 e. The second-order valence-corrected chi connectivity index (χ2v) is 12.6. The summed E-state index contributed by atoms with van der Waals surface area (Å²) in [4.78, 5) is 1.61. The Bertz CT molecular complexity index is 1480. The summed E-state index contributed by atoms with van der Waals surface area (Å²) in [7, 11) is -3.73. The predicted octanol–water partition coefficient (Wildman–Crippen LogP) is 8.09. The molecule has 4 rings (SSSR count). The molecule has 0 amide bonds. The van der Waals surface area contributed by atoms with Crippen LogP contribution in [0.5, 0.6) is 0 Å². The summed E-state index contributed by atoms with van der Waals surface area (Å²) in [5, 5.41) is 0.651. The van der Waals surface area contributed by atoms with Crippen molar-refractivity contribution in [2.45, 2.75) is 43.5 Å². The van der Waals surface area contributed by atoms with E-state index in [-0.39, 0.29) is 0 Å². The number of thioether (sulfide) groups is 1. The molecule has 0 fully saturated rings. The SMILES string of the molecule is CSc1cccc(-c2ccc(CN(CCc3cccc(Cl)c3)S(=O)(=O)c3c(C)cc(C)cc3C)cc2)c1. The number of aryl methyl sites for hydroxylation is 3. The molecule has 0 saturated heterocycles. The lowest BCUT2D eigenvalue weighted by atomic mass is 10.0. The van der Waals surface area contributed by atoms with Crippen molar-refractivity contribution in [2.24, 2.45) is 0 Å². The van der Waals surface area contributed by atoms with E-state index < -0.39 is 10.0 Å². The highest BCUT2D eigenvalue weighted by atomic mass is 35.5. The highest BCUT2D eigenvalue weighted by Gasteiger charge is 2.28. The average Bonchev–Trinajstić information content (AvgIpc) is 2.86. The molecule has 0 aliphatic rings. The molecule has 0 spiro atoms. The van der Waals surface area contributed by atoms with Gasteiger partial charge in [0.15, 0.2) is 0 Å². The Labute approximate surface area is 230 Å². The van der Waals surface area contributed by atoms with Crippen molar-refractivity contribution in [3.8, 4) is 11.1 Å². The number of halogens is 1. The van der Waals surface area contributed by atoms with E-state index in [2.05, 4.69) is 42.7 Å². The van der Waals surface area contributed by atoms with Gasteiger partial charge in [0.2, 0.25) is 10.0 Å². The van der Waals surface area contributed by atoms with Crippen LogP contribution in [0, 0.1) is 20.8 Å². The van der Waals surface area contributed by atoms with E-state index in [4.69, 9.17) is 11.6 Å². The van der Waals surface area contributed by atoms with E-state index in [1.165, 1.54) is 4.90 Å². The Balaban J connectivity index is 1.65. The third kappa shape index (κ3) is 6.66. The quantitative estimate of drug-likeness (QED) is 0.198. The first-order valence-electron chi connectivity index (χ1n) is 12.2. The number of hydrogen-bond acceptors (Lipinski definition) is 3. The van der Waals surface area contributed by atoms with Gasteiger partial charge < -0.3 is 0 Å². The minimum atomic E-state index is -3.73. The van der Waals surface area contributed by atoms with Gasteiger partial charge in [0.1, 0.15) is 0 Å². The van der Waals surface area contributed by atoms with Gasteiger partial charge in [-0.15, -0.1) is 11.8 Å². The Morgan fingerprint density at radius 3 is 2.11 bits per heavy atom. The number of benzene rings is 4. The molecule has 6 heteroatoms. The van der Waals surface area contributed by atoms with Gasteiger partial charge in [-0.2, -0.15) is 4.31 Å². The maximum absolute atomic E-state index is 14.0. The van der Waals surface area contributed by atoms with Crippen LogP contribution in [0.15, 0.2) is 94.7 Å². The summed E-state index contributed by atoms with van der Waals surface area (Å²) in [6.07, 6.45) is 2.64. The van der Waals surface area contributed by atoms with Gasteiger partial charge in [-0.25, -0.2) is 8.42 Å². The minimum absolute atomic E-state index is 0.292. The molecular weight excluding hydrogens is 518 g/mol. The number of nitrogens with zero attached hydrogens (tertiary/aromatic N) is 1. The van der Waals surface area contributed by atoms with Crippen LogP contribution in [-0.4, -0.2) is 25.5 Å². The largest absolute Gasteiger partial charge is 0.243 e. The van der Waals surface area contributed by atoms with Gasteiger partial charge in [-0.3, -0.25) is 0 Å². The van der Waals surface area contributed by atoms with Crippen LogP contribution in [0.1, 0.15) is 27.8 Å². The molecule has 0 atom stereocenters. The lowest BCUT2D eigenvalue weighted by molar-refractivity contribution is 0.409. The van der Waals surface area contributed by atoms with E-state index in [0.29, 0.717) is 29.4 Å². The topological polar surface area (TPSA) is 37.4 Å². The lowest BCUT2D eigenvalue weighted by Crippen LogP contribution is -2.33. The molecule has 192 valence electrons. The first-order chi connectivity index (χ1) is 17.7. The zero-order valence-corrected chi connectivity index (χ0v) is 24.1. The average molecular weight is 550 g/mol. The maximum Gasteiger partial charge on any atom is 0.243 e. The maximum atomic E-state index is 14.0. The third-order valence-electron chi connectivity index (χ3n) is 6.46. The fourth-order valence-electron chi connectivity index (χ4n) is 4.74. The molecule has 3 nitrogen and oxygen atoms in total. The van der Waals surface area contributed by atoms with E-state index in [0.717, 1.165) is 38.9 Å². The highest BCUT2D eigenvalue weighted by Crippen LogP contribution is 2.29. The van der Waals surface area contributed by atoms with Gasteiger partial charge >= 0.3 is 0 Å². The van der Waals surface area contributed by atoms with Crippen molar-refractivity contribution in [2.75, 3.05) is 12.8 Å². The highest BCUT2D eigenvalue weighted by molar-refractivity contribution is 7.98. The van der Waals surface area contributed by atoms with Crippen molar-refractivity contribution >= 4 is 33.4 Å². The Morgan fingerprint density at radius 1 is 0.784 bits per heavy atom. The van der Waals surface area contributed by atoms with Gasteiger partial charge in [-0.05, 0) is 91.1 Å². The summed E-state index contributed by atoms with van der Waals surface area (Å²) in [6.45, 7) is 6.39. The van der Waals surface area contributed by atoms with E-state index in [1.54, 1.807) is 16.1 Å². The van der Waals surface area contributed by atoms with Gasteiger partial charge in [-0.1, -0.05) is 77.8 Å². The molecule has 0 unspecified atom stereocenters. The molecule has 0 aliphatic heterocycles. The normalized spacial score (nSPS) is 11.7. The molecule has 0 radical (unpaired) electrons. The third-order valence-corrected chi connectivity index (χ3v) is 9.57. The Hall–Kier alpha value is -2.57. The van der Waals surface area contributed by atoms with Crippen LogP contribution in [0.4, 0.5) is 0 Å². The van der Waals surface area contributed by atoms with E-state index >= 15 is 0 Å². The van der Waals surface area contributed by atoms with Gasteiger partial charge in [0.25, 0.3) is 0 Å². The number of sulfonamides is 1. The molecule has 0 heterocycles. The molecule has 0 saturated carbocycles. The smallest absolute Gasteiger partial charge is 0.207 e. The molecule has 4 aromatic carbocycles. The molecule has 0 aliphatic carbocycles. The summed E-state index contributed by atoms with van der Waals surface area (Å²) >= 11 is 7.90. The predicted molar refractivity (Wildman–Crippen MR) is 157 cm³/mol. The lowest BCUT2D eigenvalue weighted by Gasteiger charge is -2.25. The first kappa shape index (κ1) is 27.5. The summed E-state index contributed by atoms with van der Waals surface area (Å²) < 4.78 is 29.7. The summed E-state index contributed by atoms with van der Waals surface area (Å²) in [5.41, 5.74) is 6.81. The monoisotopic (exact) mass is 549 g/mol. The van der Waals surface area contributed by atoms with E-state index in [9.17, 15) is 8.42 Å². The molecule has 0 N–H and O–H groups in total. The van der Waals surface area contributed by atoms with Gasteiger partial charge in [0.05, 0.1) is 4.90 Å². The van der Waals surface area contributed by atoms with Crippen LogP contribution in [0.25, 0.3) is 11.1 Å².